The highest BCUT2D eigenvalue weighted by atomic mass is 32.2. The molecule has 0 aliphatic carbocycles. The van der Waals surface area contributed by atoms with Gasteiger partial charge in [-0.3, -0.25) is 0 Å². The van der Waals surface area contributed by atoms with Gasteiger partial charge in [-0.25, -0.2) is 22.5 Å². The van der Waals surface area contributed by atoms with E-state index in [9.17, 15) is 12.8 Å². The Labute approximate surface area is 188 Å². The fraction of sp³-hybridized carbons (Fsp3) is 0.292. The number of hydrogen-bond donors (Lipinski definition) is 1. The lowest BCUT2D eigenvalue weighted by atomic mass is 10.2. The first-order chi connectivity index (χ1) is 15.3. The number of rotatable bonds is 6. The Bertz CT molecular complexity index is 1190. The standard InChI is InChI=1S/C24H27FN4O2S/c1-18-3-4-19(2)23(15-18)32(30,31)27-17-20-9-10-26-24(16-20)29-13-11-28(12-14-29)22-7-5-21(25)6-8-22/h3-10,15-16,27H,11-14,17H2,1-2H3. The van der Waals surface area contributed by atoms with Gasteiger partial charge in [0.15, 0.2) is 0 Å². The van der Waals surface area contributed by atoms with Crippen LogP contribution in [0.25, 0.3) is 0 Å². The first-order valence-corrected chi connectivity index (χ1v) is 12.1. The van der Waals surface area contributed by atoms with Crippen LogP contribution in [-0.4, -0.2) is 39.6 Å². The highest BCUT2D eigenvalue weighted by molar-refractivity contribution is 7.89. The molecule has 1 fully saturated rings. The summed E-state index contributed by atoms with van der Waals surface area (Å²) in [6.45, 7) is 7.03. The zero-order valence-electron chi connectivity index (χ0n) is 18.3. The third-order valence-electron chi connectivity index (χ3n) is 5.70. The van der Waals surface area contributed by atoms with Crippen molar-refractivity contribution in [2.75, 3.05) is 36.0 Å². The molecular weight excluding hydrogens is 427 g/mol. The summed E-state index contributed by atoms with van der Waals surface area (Å²) in [4.78, 5) is 9.19. The van der Waals surface area contributed by atoms with Gasteiger partial charge in [0, 0.05) is 44.6 Å². The van der Waals surface area contributed by atoms with Crippen molar-refractivity contribution >= 4 is 21.5 Å². The zero-order valence-corrected chi connectivity index (χ0v) is 19.1. The van der Waals surface area contributed by atoms with Gasteiger partial charge in [0.2, 0.25) is 10.0 Å². The highest BCUT2D eigenvalue weighted by Crippen LogP contribution is 2.21. The van der Waals surface area contributed by atoms with Gasteiger partial charge < -0.3 is 9.80 Å². The number of nitrogens with one attached hydrogen (secondary N) is 1. The first-order valence-electron chi connectivity index (χ1n) is 10.6. The Balaban J connectivity index is 1.40. The second kappa shape index (κ2) is 9.26. The van der Waals surface area contributed by atoms with E-state index >= 15 is 0 Å². The molecule has 0 radical (unpaired) electrons. The molecule has 8 heteroatoms. The van der Waals surface area contributed by atoms with Gasteiger partial charge in [-0.1, -0.05) is 12.1 Å². The van der Waals surface area contributed by atoms with Crippen LogP contribution in [0.4, 0.5) is 15.9 Å². The molecular formula is C24H27FN4O2S. The van der Waals surface area contributed by atoms with Crippen LogP contribution in [0, 0.1) is 19.7 Å². The number of benzene rings is 2. The number of anilines is 2. The number of sulfonamides is 1. The maximum Gasteiger partial charge on any atom is 0.241 e. The normalized spacial score (nSPS) is 14.6. The molecule has 1 aromatic heterocycles. The van der Waals surface area contributed by atoms with Crippen molar-refractivity contribution in [3.8, 4) is 0 Å². The Morgan fingerprint density at radius 3 is 2.34 bits per heavy atom. The van der Waals surface area contributed by atoms with Gasteiger partial charge >= 0.3 is 0 Å². The van der Waals surface area contributed by atoms with E-state index in [1.807, 2.05) is 31.2 Å². The molecule has 4 rings (SSSR count). The smallest absolute Gasteiger partial charge is 0.241 e. The molecule has 1 saturated heterocycles. The Morgan fingerprint density at radius 1 is 0.938 bits per heavy atom. The summed E-state index contributed by atoms with van der Waals surface area (Å²) in [5.41, 5.74) is 3.48. The van der Waals surface area contributed by atoms with E-state index < -0.39 is 10.0 Å². The monoisotopic (exact) mass is 454 g/mol. The minimum atomic E-state index is -3.61. The Kier molecular flexibility index (Phi) is 6.43. The van der Waals surface area contributed by atoms with Crippen LogP contribution in [0.5, 0.6) is 0 Å². The molecule has 0 amide bonds. The number of hydrogen-bond acceptors (Lipinski definition) is 5. The fourth-order valence-electron chi connectivity index (χ4n) is 3.84. The lowest BCUT2D eigenvalue weighted by Gasteiger charge is -2.36. The maximum atomic E-state index is 13.2. The van der Waals surface area contributed by atoms with Crippen molar-refractivity contribution in [1.82, 2.24) is 9.71 Å². The molecule has 6 nitrogen and oxygen atoms in total. The molecule has 0 unspecified atom stereocenters. The molecule has 168 valence electrons. The number of nitrogens with zero attached hydrogens (tertiary/aromatic N) is 3. The number of piperazine rings is 1. The predicted molar refractivity (Wildman–Crippen MR) is 125 cm³/mol. The van der Waals surface area contributed by atoms with Gasteiger partial charge in [-0.2, -0.15) is 0 Å². The van der Waals surface area contributed by atoms with Gasteiger partial charge in [0.1, 0.15) is 11.6 Å². The van der Waals surface area contributed by atoms with Crippen LogP contribution in [-0.2, 0) is 16.6 Å². The topological polar surface area (TPSA) is 65.5 Å². The fourth-order valence-corrected chi connectivity index (χ4v) is 5.19. The molecule has 0 bridgehead atoms. The first kappa shape index (κ1) is 22.2. The van der Waals surface area contributed by atoms with Crippen molar-refractivity contribution in [2.24, 2.45) is 0 Å². The van der Waals surface area contributed by atoms with Crippen LogP contribution in [0.3, 0.4) is 0 Å². The molecule has 2 aromatic carbocycles. The summed E-state index contributed by atoms with van der Waals surface area (Å²) in [6.07, 6.45) is 1.71. The average Bonchev–Trinajstić information content (AvgIpc) is 2.80. The SMILES string of the molecule is Cc1ccc(C)c(S(=O)(=O)NCc2ccnc(N3CCN(c4ccc(F)cc4)CC3)c2)c1. The third kappa shape index (κ3) is 5.08. The van der Waals surface area contributed by atoms with Gasteiger partial charge in [0.05, 0.1) is 4.90 Å². The molecule has 2 heterocycles. The summed E-state index contributed by atoms with van der Waals surface area (Å²) in [5.74, 6) is 0.591. The van der Waals surface area contributed by atoms with Gasteiger partial charge in [-0.05, 0) is 73.0 Å². The second-order valence-corrected chi connectivity index (χ2v) is 9.80. The Hall–Kier alpha value is -2.97. The molecule has 1 N–H and O–H groups in total. The summed E-state index contributed by atoms with van der Waals surface area (Å²) < 4.78 is 41.5. The van der Waals surface area contributed by atoms with Crippen molar-refractivity contribution < 1.29 is 12.8 Å². The van der Waals surface area contributed by atoms with Crippen LogP contribution in [0.1, 0.15) is 16.7 Å². The van der Waals surface area contributed by atoms with E-state index in [0.29, 0.717) is 4.90 Å². The molecule has 1 aliphatic heterocycles. The van der Waals surface area contributed by atoms with Crippen molar-refractivity contribution in [1.29, 1.82) is 0 Å². The quantitative estimate of drug-likeness (QED) is 0.616. The Morgan fingerprint density at radius 2 is 1.62 bits per heavy atom. The molecule has 0 saturated carbocycles. The lowest BCUT2D eigenvalue weighted by molar-refractivity contribution is 0.580. The van der Waals surface area contributed by atoms with E-state index in [1.165, 1.54) is 12.1 Å². The summed E-state index contributed by atoms with van der Waals surface area (Å²) in [6, 6.07) is 15.7. The van der Waals surface area contributed by atoms with Gasteiger partial charge in [-0.15, -0.1) is 0 Å². The number of pyridine rings is 1. The minimum Gasteiger partial charge on any atom is -0.368 e. The highest BCUT2D eigenvalue weighted by Gasteiger charge is 2.20. The molecule has 1 aliphatic rings. The molecule has 0 spiro atoms. The van der Waals surface area contributed by atoms with E-state index in [2.05, 4.69) is 19.5 Å². The summed E-state index contributed by atoms with van der Waals surface area (Å²) >= 11 is 0. The molecule has 32 heavy (non-hydrogen) atoms. The van der Waals surface area contributed by atoms with Crippen molar-refractivity contribution in [3.63, 3.8) is 0 Å². The zero-order chi connectivity index (χ0) is 22.7. The van der Waals surface area contributed by atoms with E-state index in [-0.39, 0.29) is 12.4 Å². The second-order valence-electron chi connectivity index (χ2n) is 8.07. The predicted octanol–water partition coefficient (Wildman–Crippen LogP) is 3.64. The molecule has 3 aromatic rings. The maximum absolute atomic E-state index is 13.2. The molecule has 0 atom stereocenters. The van der Waals surface area contributed by atoms with Crippen LogP contribution in [0.2, 0.25) is 0 Å². The van der Waals surface area contributed by atoms with Gasteiger partial charge in [0.25, 0.3) is 0 Å². The summed E-state index contributed by atoms with van der Waals surface area (Å²) in [7, 11) is -3.61. The van der Waals surface area contributed by atoms with Crippen LogP contribution >= 0.6 is 0 Å². The van der Waals surface area contributed by atoms with Crippen LogP contribution in [0.15, 0.2) is 65.7 Å². The number of halogens is 1. The van der Waals surface area contributed by atoms with Crippen molar-refractivity contribution in [3.05, 3.63) is 83.3 Å². The van der Waals surface area contributed by atoms with E-state index in [0.717, 1.165) is 54.4 Å². The average molecular weight is 455 g/mol. The van der Waals surface area contributed by atoms with Crippen molar-refractivity contribution in [2.45, 2.75) is 25.3 Å². The number of aryl methyl sites for hydroxylation is 2. The van der Waals surface area contributed by atoms with Crippen LogP contribution < -0.4 is 14.5 Å². The lowest BCUT2D eigenvalue weighted by Crippen LogP contribution is -2.46. The van der Waals surface area contributed by atoms with E-state index in [4.69, 9.17) is 0 Å². The third-order valence-corrected chi connectivity index (χ3v) is 7.25. The van der Waals surface area contributed by atoms with E-state index in [1.54, 1.807) is 31.3 Å². The summed E-state index contributed by atoms with van der Waals surface area (Å²) in [5, 5.41) is 0. The number of aromatic nitrogens is 1. The minimum absolute atomic E-state index is 0.195. The largest absolute Gasteiger partial charge is 0.368 e.